The van der Waals surface area contributed by atoms with Gasteiger partial charge >= 0.3 is 0 Å². The van der Waals surface area contributed by atoms with Gasteiger partial charge in [-0.3, -0.25) is 9.78 Å². The fourth-order valence-corrected chi connectivity index (χ4v) is 6.26. The van der Waals surface area contributed by atoms with Gasteiger partial charge in [0.2, 0.25) is 15.9 Å². The summed E-state index contributed by atoms with van der Waals surface area (Å²) in [7, 11) is -3.78. The molecule has 0 spiro atoms. The molecule has 1 atom stereocenters. The summed E-state index contributed by atoms with van der Waals surface area (Å²) < 4.78 is 33.1. The lowest BCUT2D eigenvalue weighted by Crippen LogP contribution is -2.46. The third-order valence-corrected chi connectivity index (χ3v) is 8.43. The summed E-state index contributed by atoms with van der Waals surface area (Å²) in [6, 6.07) is 11.8. The normalized spacial score (nSPS) is 16.6. The number of ether oxygens (including phenoxy) is 1. The number of pyridine rings is 1. The average molecular weight is 551 g/mol. The van der Waals surface area contributed by atoms with Gasteiger partial charge in [-0.1, -0.05) is 23.2 Å². The molecule has 192 valence electrons. The molecule has 1 fully saturated rings. The summed E-state index contributed by atoms with van der Waals surface area (Å²) in [5.74, 6) is -0.144. The zero-order chi connectivity index (χ0) is 25.7. The summed E-state index contributed by atoms with van der Waals surface area (Å²) in [4.78, 5) is 17.2. The molecule has 1 aliphatic heterocycles. The van der Waals surface area contributed by atoms with Crippen LogP contribution in [-0.4, -0.2) is 56.4 Å². The summed E-state index contributed by atoms with van der Waals surface area (Å²) in [6.07, 6.45) is 2.94. The van der Waals surface area contributed by atoms with Gasteiger partial charge in [-0.05, 0) is 62.2 Å². The molecule has 1 saturated heterocycles. The van der Waals surface area contributed by atoms with E-state index in [-0.39, 0.29) is 22.4 Å². The van der Waals surface area contributed by atoms with E-state index in [2.05, 4.69) is 15.6 Å². The van der Waals surface area contributed by atoms with Crippen LogP contribution in [0.4, 0.5) is 5.69 Å². The lowest BCUT2D eigenvalue weighted by atomic mass is 9.99. The maximum absolute atomic E-state index is 13.2. The number of aromatic nitrogens is 1. The molecule has 36 heavy (non-hydrogen) atoms. The molecule has 4 rings (SSSR count). The molecule has 0 aliphatic carbocycles. The van der Waals surface area contributed by atoms with Crippen LogP contribution < -0.4 is 15.4 Å². The fourth-order valence-electron chi connectivity index (χ4n) is 4.24. The molecule has 11 heteroatoms. The third kappa shape index (κ3) is 6.03. The number of anilines is 1. The van der Waals surface area contributed by atoms with Crippen molar-refractivity contribution >= 4 is 55.7 Å². The number of piperidine rings is 1. The molecule has 2 heterocycles. The maximum atomic E-state index is 13.2. The molecule has 1 aromatic heterocycles. The number of carbonyl (C=O) groups excluding carboxylic acids is 1. The number of benzene rings is 2. The first kappa shape index (κ1) is 26.5. The van der Waals surface area contributed by atoms with Gasteiger partial charge in [0.1, 0.15) is 5.75 Å². The van der Waals surface area contributed by atoms with Gasteiger partial charge in [0.15, 0.2) is 0 Å². The van der Waals surface area contributed by atoms with Crippen LogP contribution in [0.2, 0.25) is 10.0 Å². The highest BCUT2D eigenvalue weighted by Gasteiger charge is 2.33. The Labute approximate surface area is 221 Å². The van der Waals surface area contributed by atoms with Crippen molar-refractivity contribution in [2.45, 2.75) is 24.7 Å². The zero-order valence-corrected chi connectivity index (χ0v) is 22.2. The molecule has 1 amide bonds. The summed E-state index contributed by atoms with van der Waals surface area (Å²) >= 11 is 12.2. The van der Waals surface area contributed by atoms with Crippen LogP contribution in [0.5, 0.6) is 5.75 Å². The number of amides is 1. The van der Waals surface area contributed by atoms with E-state index in [1.807, 2.05) is 25.1 Å². The molecular formula is C25H28Cl2N4O4S. The molecule has 8 nitrogen and oxygen atoms in total. The van der Waals surface area contributed by atoms with Gasteiger partial charge in [-0.2, -0.15) is 4.31 Å². The molecular weight excluding hydrogens is 523 g/mol. The van der Waals surface area contributed by atoms with Gasteiger partial charge < -0.3 is 15.4 Å². The van der Waals surface area contributed by atoms with Gasteiger partial charge in [0.05, 0.1) is 28.0 Å². The predicted octanol–water partition coefficient (Wildman–Crippen LogP) is 4.57. The maximum Gasteiger partial charge on any atom is 0.243 e. The topological polar surface area (TPSA) is 101 Å². The number of rotatable bonds is 9. The monoisotopic (exact) mass is 550 g/mol. The van der Waals surface area contributed by atoms with Crippen LogP contribution in [0.3, 0.4) is 0 Å². The van der Waals surface area contributed by atoms with Gasteiger partial charge in [-0.25, -0.2) is 8.42 Å². The number of sulfonamides is 1. The van der Waals surface area contributed by atoms with E-state index in [1.165, 1.54) is 16.4 Å². The highest BCUT2D eigenvalue weighted by Crippen LogP contribution is 2.30. The molecule has 1 aliphatic rings. The Morgan fingerprint density at radius 3 is 2.78 bits per heavy atom. The minimum Gasteiger partial charge on any atom is -0.492 e. The van der Waals surface area contributed by atoms with Crippen LogP contribution >= 0.6 is 23.2 Å². The van der Waals surface area contributed by atoms with Crippen LogP contribution in [0.1, 0.15) is 19.8 Å². The fraction of sp³-hybridized carbons (Fsp3) is 0.360. The Kier molecular flexibility index (Phi) is 8.56. The number of fused-ring (bicyclic) bond motifs is 1. The largest absolute Gasteiger partial charge is 0.492 e. The standard InChI is InChI=1S/C25H28Cl2N4O4S/c1-2-35-24-8-6-19(15-21(24)27)36(33,34)31-13-3-4-17(16-31)25(32)30-12-11-29-22-9-10-28-23-14-18(26)5-7-20(22)23/h5-10,14-15,17H,2-4,11-13,16H2,1H3,(H,28,29)(H,30,32). The van der Waals surface area contributed by atoms with Crippen LogP contribution in [0.25, 0.3) is 10.9 Å². The van der Waals surface area contributed by atoms with Crippen molar-refractivity contribution in [3.05, 3.63) is 58.7 Å². The minimum absolute atomic E-state index is 0.0899. The SMILES string of the molecule is CCOc1ccc(S(=O)(=O)N2CCCC(C(=O)NCCNc3ccnc4cc(Cl)ccc34)C2)cc1Cl. The molecule has 1 unspecified atom stereocenters. The summed E-state index contributed by atoms with van der Waals surface area (Å²) in [5.41, 5.74) is 1.68. The Bertz CT molecular complexity index is 1350. The zero-order valence-electron chi connectivity index (χ0n) is 19.8. The minimum atomic E-state index is -3.78. The number of carbonyl (C=O) groups is 1. The number of nitrogens with zero attached hydrogens (tertiary/aromatic N) is 2. The van der Waals surface area contributed by atoms with Gasteiger partial charge in [0.25, 0.3) is 0 Å². The first-order valence-corrected chi connectivity index (χ1v) is 14.0. The molecule has 2 N–H and O–H groups in total. The second kappa shape index (κ2) is 11.6. The quantitative estimate of drug-likeness (QED) is 0.378. The molecule has 3 aromatic rings. The van der Waals surface area contributed by atoms with E-state index in [0.29, 0.717) is 49.9 Å². The lowest BCUT2D eigenvalue weighted by Gasteiger charge is -2.31. The average Bonchev–Trinajstić information content (AvgIpc) is 2.87. The molecule has 0 bridgehead atoms. The van der Waals surface area contributed by atoms with Gasteiger partial charge in [0, 0.05) is 48.5 Å². The lowest BCUT2D eigenvalue weighted by molar-refractivity contribution is -0.125. The van der Waals surface area contributed by atoms with Crippen LogP contribution in [0, 0.1) is 5.92 Å². The molecule has 0 radical (unpaired) electrons. The second-order valence-electron chi connectivity index (χ2n) is 8.47. The Balaban J connectivity index is 1.33. The van der Waals surface area contributed by atoms with Crippen LogP contribution in [-0.2, 0) is 14.8 Å². The van der Waals surface area contributed by atoms with Crippen molar-refractivity contribution < 1.29 is 17.9 Å². The van der Waals surface area contributed by atoms with Crippen molar-refractivity contribution in [2.75, 3.05) is 38.1 Å². The van der Waals surface area contributed by atoms with Crippen LogP contribution in [0.15, 0.2) is 53.6 Å². The van der Waals surface area contributed by atoms with E-state index in [1.54, 1.807) is 18.3 Å². The van der Waals surface area contributed by atoms with E-state index in [0.717, 1.165) is 16.6 Å². The molecule has 2 aromatic carbocycles. The van der Waals surface area contributed by atoms with E-state index in [9.17, 15) is 13.2 Å². The summed E-state index contributed by atoms with van der Waals surface area (Å²) in [5, 5.41) is 8.03. The van der Waals surface area contributed by atoms with Crippen molar-refractivity contribution in [3.8, 4) is 5.75 Å². The van der Waals surface area contributed by atoms with Crippen molar-refractivity contribution in [1.82, 2.24) is 14.6 Å². The highest BCUT2D eigenvalue weighted by atomic mass is 35.5. The predicted molar refractivity (Wildman–Crippen MR) is 142 cm³/mol. The van der Waals surface area contributed by atoms with Gasteiger partial charge in [-0.15, -0.1) is 0 Å². The first-order chi connectivity index (χ1) is 17.3. The molecule has 0 saturated carbocycles. The van der Waals surface area contributed by atoms with Crippen molar-refractivity contribution in [2.24, 2.45) is 5.92 Å². The van der Waals surface area contributed by atoms with E-state index < -0.39 is 15.9 Å². The van der Waals surface area contributed by atoms with E-state index >= 15 is 0 Å². The number of hydrogen-bond donors (Lipinski definition) is 2. The summed E-state index contributed by atoms with van der Waals surface area (Å²) in [6.45, 7) is 3.65. The third-order valence-electron chi connectivity index (χ3n) is 6.04. The number of hydrogen-bond acceptors (Lipinski definition) is 6. The second-order valence-corrected chi connectivity index (χ2v) is 11.2. The van der Waals surface area contributed by atoms with E-state index in [4.69, 9.17) is 27.9 Å². The number of nitrogens with one attached hydrogen (secondary N) is 2. The Morgan fingerprint density at radius 2 is 2.00 bits per heavy atom. The Hall–Kier alpha value is -2.59. The Morgan fingerprint density at radius 1 is 1.17 bits per heavy atom. The van der Waals surface area contributed by atoms with Crippen molar-refractivity contribution in [3.63, 3.8) is 0 Å². The smallest absolute Gasteiger partial charge is 0.243 e. The highest BCUT2D eigenvalue weighted by molar-refractivity contribution is 7.89. The van der Waals surface area contributed by atoms with Crippen molar-refractivity contribution in [1.29, 1.82) is 0 Å². The first-order valence-electron chi connectivity index (χ1n) is 11.8. The number of halogens is 2.